The van der Waals surface area contributed by atoms with E-state index in [0.717, 1.165) is 12.1 Å². The molecule has 0 bridgehead atoms. The monoisotopic (exact) mass is 329 g/mol. The van der Waals surface area contributed by atoms with Crippen LogP contribution in [0.5, 0.6) is 0 Å². The molecule has 1 aliphatic carbocycles. The zero-order chi connectivity index (χ0) is 17.1. The molecule has 2 aliphatic rings. The van der Waals surface area contributed by atoms with Gasteiger partial charge in [0, 0.05) is 38.4 Å². The molecule has 1 unspecified atom stereocenters. The number of carbonyl (C=O) groups excluding carboxylic acids is 2. The van der Waals surface area contributed by atoms with Gasteiger partial charge in [-0.2, -0.15) is 0 Å². The Bertz CT molecular complexity index is 584. The zero-order valence-electron chi connectivity index (χ0n) is 14.6. The van der Waals surface area contributed by atoms with E-state index in [0.29, 0.717) is 37.8 Å². The number of carbonyl (C=O) groups is 2. The number of rotatable bonds is 5. The molecule has 3 rings (SSSR count). The summed E-state index contributed by atoms with van der Waals surface area (Å²) < 4.78 is 0. The summed E-state index contributed by atoms with van der Waals surface area (Å²) in [4.78, 5) is 33.3. The summed E-state index contributed by atoms with van der Waals surface area (Å²) in [5.41, 5.74) is 0.925. The Labute approximate surface area is 144 Å². The first-order valence-electron chi connectivity index (χ1n) is 9.00. The Balaban J connectivity index is 1.70. The van der Waals surface area contributed by atoms with E-state index in [2.05, 4.69) is 23.7 Å². The lowest BCUT2D eigenvalue weighted by atomic mass is 10.0. The zero-order valence-corrected chi connectivity index (χ0v) is 14.6. The number of hydrogen-bond acceptors (Lipinski definition) is 3. The first kappa shape index (κ1) is 16.9. The lowest BCUT2D eigenvalue weighted by molar-refractivity contribution is -0.134. The highest BCUT2D eigenvalue weighted by molar-refractivity contribution is 5.82. The maximum absolute atomic E-state index is 12.7. The number of pyridine rings is 1. The second kappa shape index (κ2) is 7.32. The molecule has 0 aromatic carbocycles. The van der Waals surface area contributed by atoms with E-state index in [9.17, 15) is 9.59 Å². The third-order valence-corrected chi connectivity index (χ3v) is 5.08. The van der Waals surface area contributed by atoms with Crippen LogP contribution in [-0.4, -0.2) is 52.3 Å². The molecule has 1 aromatic rings. The smallest absolute Gasteiger partial charge is 0.227 e. The molecule has 2 heterocycles. The molecule has 1 saturated carbocycles. The van der Waals surface area contributed by atoms with E-state index in [1.807, 2.05) is 17.0 Å². The fraction of sp³-hybridized carbons (Fsp3) is 0.632. The van der Waals surface area contributed by atoms with Crippen molar-refractivity contribution in [3.63, 3.8) is 0 Å². The summed E-state index contributed by atoms with van der Waals surface area (Å²) in [5.74, 6) is 1.32. The van der Waals surface area contributed by atoms with Crippen molar-refractivity contribution in [1.82, 2.24) is 14.8 Å². The molecule has 24 heavy (non-hydrogen) atoms. The first-order chi connectivity index (χ1) is 11.5. The molecule has 1 saturated heterocycles. The average molecular weight is 329 g/mol. The highest BCUT2D eigenvalue weighted by atomic mass is 16.2. The van der Waals surface area contributed by atoms with Gasteiger partial charge in [0.05, 0.1) is 12.5 Å². The Hall–Kier alpha value is -1.91. The van der Waals surface area contributed by atoms with Crippen LogP contribution in [0, 0.1) is 11.8 Å². The SMILES string of the molecule is CC(C)C1CN(C(=O)Cc2cccnc2)CCC(=O)N1CC1CC1. The van der Waals surface area contributed by atoms with Gasteiger partial charge < -0.3 is 9.80 Å². The molecule has 1 atom stereocenters. The van der Waals surface area contributed by atoms with E-state index in [1.54, 1.807) is 12.4 Å². The van der Waals surface area contributed by atoms with Crippen LogP contribution in [0.2, 0.25) is 0 Å². The normalized spacial score (nSPS) is 22.0. The molecule has 130 valence electrons. The first-order valence-corrected chi connectivity index (χ1v) is 9.00. The van der Waals surface area contributed by atoms with Gasteiger partial charge in [-0.15, -0.1) is 0 Å². The Morgan fingerprint density at radius 3 is 2.79 bits per heavy atom. The van der Waals surface area contributed by atoms with Crippen molar-refractivity contribution in [2.45, 2.75) is 45.6 Å². The average Bonchev–Trinajstić information content (AvgIpc) is 3.38. The summed E-state index contributed by atoms with van der Waals surface area (Å²) in [6.07, 6.45) is 6.71. The molecule has 0 spiro atoms. The molecule has 0 radical (unpaired) electrons. The largest absolute Gasteiger partial charge is 0.340 e. The third kappa shape index (κ3) is 4.13. The fourth-order valence-corrected chi connectivity index (χ4v) is 3.38. The summed E-state index contributed by atoms with van der Waals surface area (Å²) in [6, 6.07) is 3.90. The molecular weight excluding hydrogens is 302 g/mol. The third-order valence-electron chi connectivity index (χ3n) is 5.08. The molecule has 2 fully saturated rings. The van der Waals surface area contributed by atoms with Gasteiger partial charge in [-0.1, -0.05) is 19.9 Å². The molecule has 5 heteroatoms. The standard InChI is InChI=1S/C19H27N3O2/c1-14(2)17-13-21(19(24)10-16-4-3-8-20-11-16)9-7-18(23)22(17)12-15-5-6-15/h3-4,8,11,14-15,17H,5-7,9-10,12-13H2,1-2H3. The van der Waals surface area contributed by atoms with Crippen LogP contribution in [0.25, 0.3) is 0 Å². The number of hydrogen-bond donors (Lipinski definition) is 0. The van der Waals surface area contributed by atoms with Gasteiger partial charge >= 0.3 is 0 Å². The number of nitrogens with zero attached hydrogens (tertiary/aromatic N) is 3. The van der Waals surface area contributed by atoms with Crippen molar-refractivity contribution < 1.29 is 9.59 Å². The van der Waals surface area contributed by atoms with Crippen molar-refractivity contribution >= 4 is 11.8 Å². The summed E-state index contributed by atoms with van der Waals surface area (Å²) >= 11 is 0. The summed E-state index contributed by atoms with van der Waals surface area (Å²) in [6.45, 7) is 6.34. The van der Waals surface area contributed by atoms with Crippen LogP contribution in [0.3, 0.4) is 0 Å². The van der Waals surface area contributed by atoms with Crippen molar-refractivity contribution in [3.8, 4) is 0 Å². The molecular formula is C19H27N3O2. The van der Waals surface area contributed by atoms with Crippen LogP contribution in [0.4, 0.5) is 0 Å². The fourth-order valence-electron chi connectivity index (χ4n) is 3.38. The minimum atomic E-state index is 0.0923. The van der Waals surface area contributed by atoms with E-state index in [1.165, 1.54) is 12.8 Å². The van der Waals surface area contributed by atoms with Gasteiger partial charge in [-0.05, 0) is 36.3 Å². The predicted octanol–water partition coefficient (Wildman–Crippen LogP) is 2.12. The van der Waals surface area contributed by atoms with Crippen molar-refractivity contribution in [3.05, 3.63) is 30.1 Å². The molecule has 5 nitrogen and oxygen atoms in total. The van der Waals surface area contributed by atoms with Crippen molar-refractivity contribution in [2.24, 2.45) is 11.8 Å². The van der Waals surface area contributed by atoms with Crippen LogP contribution in [0.15, 0.2) is 24.5 Å². The second-order valence-electron chi connectivity index (χ2n) is 7.43. The molecule has 2 amide bonds. The van der Waals surface area contributed by atoms with E-state index in [-0.39, 0.29) is 17.9 Å². The van der Waals surface area contributed by atoms with Gasteiger partial charge in [-0.3, -0.25) is 14.6 Å². The lowest BCUT2D eigenvalue weighted by Gasteiger charge is -2.34. The second-order valence-corrected chi connectivity index (χ2v) is 7.43. The molecule has 0 N–H and O–H groups in total. The lowest BCUT2D eigenvalue weighted by Crippen LogP contribution is -2.48. The van der Waals surface area contributed by atoms with Crippen molar-refractivity contribution in [2.75, 3.05) is 19.6 Å². The predicted molar refractivity (Wildman–Crippen MR) is 92.2 cm³/mol. The van der Waals surface area contributed by atoms with Gasteiger partial charge in [0.25, 0.3) is 0 Å². The minimum absolute atomic E-state index is 0.0923. The Kier molecular flexibility index (Phi) is 5.17. The minimum Gasteiger partial charge on any atom is -0.340 e. The summed E-state index contributed by atoms with van der Waals surface area (Å²) in [5, 5.41) is 0. The number of amides is 2. The van der Waals surface area contributed by atoms with Gasteiger partial charge in [0.15, 0.2) is 0 Å². The summed E-state index contributed by atoms with van der Waals surface area (Å²) in [7, 11) is 0. The van der Waals surface area contributed by atoms with Crippen molar-refractivity contribution in [1.29, 1.82) is 0 Å². The highest BCUT2D eigenvalue weighted by Gasteiger charge is 2.36. The van der Waals surface area contributed by atoms with E-state index in [4.69, 9.17) is 0 Å². The van der Waals surface area contributed by atoms with Gasteiger partial charge in [0.2, 0.25) is 11.8 Å². The van der Waals surface area contributed by atoms with E-state index < -0.39 is 0 Å². The Morgan fingerprint density at radius 1 is 1.38 bits per heavy atom. The van der Waals surface area contributed by atoms with Crippen LogP contribution < -0.4 is 0 Å². The van der Waals surface area contributed by atoms with Crippen LogP contribution in [-0.2, 0) is 16.0 Å². The maximum Gasteiger partial charge on any atom is 0.227 e. The Morgan fingerprint density at radius 2 is 2.17 bits per heavy atom. The van der Waals surface area contributed by atoms with Gasteiger partial charge in [0.1, 0.15) is 0 Å². The van der Waals surface area contributed by atoms with Crippen LogP contribution in [0.1, 0.15) is 38.7 Å². The number of aromatic nitrogens is 1. The maximum atomic E-state index is 12.7. The highest BCUT2D eigenvalue weighted by Crippen LogP contribution is 2.32. The molecule has 1 aromatic heterocycles. The molecule has 1 aliphatic heterocycles. The van der Waals surface area contributed by atoms with Gasteiger partial charge in [-0.25, -0.2) is 0 Å². The van der Waals surface area contributed by atoms with Crippen LogP contribution >= 0.6 is 0 Å². The van der Waals surface area contributed by atoms with E-state index >= 15 is 0 Å². The quantitative estimate of drug-likeness (QED) is 0.831. The topological polar surface area (TPSA) is 53.5 Å².